The van der Waals surface area contributed by atoms with E-state index >= 15 is 0 Å². The molecule has 1 saturated heterocycles. The molecule has 2 amide bonds. The average molecular weight is 475 g/mol. The van der Waals surface area contributed by atoms with Crippen molar-refractivity contribution in [2.24, 2.45) is 11.7 Å². The summed E-state index contributed by atoms with van der Waals surface area (Å²) in [5.74, 6) is -9.71. The number of nitrogens with zero attached hydrogens (tertiary/aromatic N) is 1. The van der Waals surface area contributed by atoms with Crippen LogP contribution in [0.5, 0.6) is 5.75 Å². The fraction of sp³-hybridized carbons (Fsp3) is 0.350. The van der Waals surface area contributed by atoms with E-state index in [1.54, 1.807) is 0 Å². The van der Waals surface area contributed by atoms with E-state index in [0.717, 1.165) is 31.3 Å². The van der Waals surface area contributed by atoms with Gasteiger partial charge in [-0.05, 0) is 13.0 Å². The quantitative estimate of drug-likeness (QED) is 0.356. The predicted molar refractivity (Wildman–Crippen MR) is 102 cm³/mol. The van der Waals surface area contributed by atoms with Crippen LogP contribution in [0.15, 0.2) is 30.5 Å². The van der Waals surface area contributed by atoms with Gasteiger partial charge in [-0.25, -0.2) is 4.39 Å². The molecule has 1 aliphatic rings. The van der Waals surface area contributed by atoms with Crippen LogP contribution in [0.1, 0.15) is 35.8 Å². The van der Waals surface area contributed by atoms with Gasteiger partial charge >= 0.3 is 12.1 Å². The highest BCUT2D eigenvalue weighted by Gasteiger charge is 2.65. The fourth-order valence-electron chi connectivity index (χ4n) is 3.81. The molecule has 4 atom stereocenters. The number of benzene rings is 1. The van der Waals surface area contributed by atoms with Gasteiger partial charge in [-0.1, -0.05) is 13.0 Å². The third-order valence-electron chi connectivity index (χ3n) is 5.83. The first-order valence-corrected chi connectivity index (χ1v) is 9.44. The molecule has 8 nitrogen and oxygen atoms in total. The number of halogens is 5. The summed E-state index contributed by atoms with van der Waals surface area (Å²) in [5.41, 5.74) is 1.00. The molecule has 1 aromatic carbocycles. The summed E-state index contributed by atoms with van der Waals surface area (Å²) in [6.07, 6.45) is -6.04. The number of carbonyl (C=O) groups is 2. The lowest BCUT2D eigenvalue weighted by atomic mass is 9.77. The van der Waals surface area contributed by atoms with Crippen LogP contribution in [0, 0.1) is 22.8 Å². The number of ether oxygens (including phenoxy) is 1. The maximum Gasteiger partial charge on any atom is 0.417 e. The van der Waals surface area contributed by atoms with Gasteiger partial charge in [0.25, 0.3) is 11.6 Å². The zero-order valence-electron chi connectivity index (χ0n) is 17.1. The number of hydrogen-bond acceptors (Lipinski definition) is 5. The summed E-state index contributed by atoms with van der Waals surface area (Å²) >= 11 is 0. The van der Waals surface area contributed by atoms with E-state index in [1.165, 1.54) is 0 Å². The Morgan fingerprint density at radius 3 is 2.48 bits per heavy atom. The van der Waals surface area contributed by atoms with Gasteiger partial charge in [0, 0.05) is 29.5 Å². The summed E-state index contributed by atoms with van der Waals surface area (Å²) in [5, 5.41) is 23.9. The number of hydrogen-bond donors (Lipinski definition) is 3. The highest BCUT2D eigenvalue weighted by molar-refractivity contribution is 5.97. The van der Waals surface area contributed by atoms with E-state index in [4.69, 9.17) is 10.5 Å². The zero-order valence-corrected chi connectivity index (χ0v) is 17.1. The van der Waals surface area contributed by atoms with Gasteiger partial charge in [0.2, 0.25) is 5.82 Å². The summed E-state index contributed by atoms with van der Waals surface area (Å²) in [4.78, 5) is 24.3. The topological polar surface area (TPSA) is 129 Å². The number of amides is 2. The van der Waals surface area contributed by atoms with Crippen LogP contribution >= 0.6 is 0 Å². The minimum absolute atomic E-state index is 0.120. The largest absolute Gasteiger partial charge is 0.618 e. The van der Waals surface area contributed by atoms with Gasteiger partial charge in [-0.15, -0.1) is 0 Å². The number of aromatic nitrogens is 1. The maximum absolute atomic E-state index is 14.0. The Kier molecular flexibility index (Phi) is 5.96. The highest BCUT2D eigenvalue weighted by atomic mass is 19.4. The number of carbonyl (C=O) groups excluding carboxylic acids is 2. The van der Waals surface area contributed by atoms with Crippen molar-refractivity contribution in [1.29, 1.82) is 0 Å². The van der Waals surface area contributed by atoms with Gasteiger partial charge < -0.3 is 26.1 Å². The Morgan fingerprint density at radius 1 is 1.27 bits per heavy atom. The zero-order chi connectivity index (χ0) is 24.9. The fourth-order valence-corrected chi connectivity index (χ4v) is 3.81. The average Bonchev–Trinajstić information content (AvgIpc) is 3.00. The predicted octanol–water partition coefficient (Wildman–Crippen LogP) is 2.48. The van der Waals surface area contributed by atoms with Crippen molar-refractivity contribution >= 4 is 17.5 Å². The number of phenolic OH excluding ortho intramolecular Hbond substituents is 1. The standard InChI is InChI=1S/C20H18F5N3O5/c1-8-13(10-3-4-11(21)14(22)15(10)29)16(33-19(8,2)20(23,24)25)18(31)27-9-5-6-28(32)12(7-9)17(26)30/h3-8,13,16,29H,1-2H3,(H2,26,30)(H,27,31)/t8-,13-,16+,19-/m1/s1. The van der Waals surface area contributed by atoms with E-state index < -0.39 is 70.2 Å². The first kappa shape index (κ1) is 24.2. The summed E-state index contributed by atoms with van der Waals surface area (Å²) < 4.78 is 74.2. The lowest BCUT2D eigenvalue weighted by Crippen LogP contribution is -2.47. The molecular weight excluding hydrogens is 457 g/mol. The van der Waals surface area contributed by atoms with E-state index in [2.05, 4.69) is 5.32 Å². The molecule has 0 unspecified atom stereocenters. The summed E-state index contributed by atoms with van der Waals surface area (Å²) in [6.45, 7) is 1.79. The first-order chi connectivity index (χ1) is 15.2. The van der Waals surface area contributed by atoms with E-state index in [1.807, 2.05) is 0 Å². The number of phenols is 1. The maximum atomic E-state index is 14.0. The number of anilines is 1. The second-order valence-electron chi connectivity index (χ2n) is 7.74. The molecule has 0 spiro atoms. The Balaban J connectivity index is 2.05. The third-order valence-corrected chi connectivity index (χ3v) is 5.83. The number of nitrogens with one attached hydrogen (secondary N) is 1. The molecule has 2 heterocycles. The first-order valence-electron chi connectivity index (χ1n) is 9.44. The third kappa shape index (κ3) is 4.03. The Morgan fingerprint density at radius 2 is 1.91 bits per heavy atom. The molecule has 1 fully saturated rings. The molecular formula is C20H18F5N3O5. The molecule has 3 rings (SSSR count). The number of aromatic hydroxyl groups is 1. The van der Waals surface area contributed by atoms with Crippen LogP contribution in [-0.2, 0) is 9.53 Å². The van der Waals surface area contributed by atoms with Crippen LogP contribution in [0.2, 0.25) is 0 Å². The number of rotatable bonds is 4. The number of primary amides is 1. The molecule has 1 aliphatic heterocycles. The molecule has 4 N–H and O–H groups in total. The van der Waals surface area contributed by atoms with Gasteiger partial charge in [-0.3, -0.25) is 9.59 Å². The second-order valence-corrected chi connectivity index (χ2v) is 7.74. The number of alkyl halides is 3. The van der Waals surface area contributed by atoms with Crippen molar-refractivity contribution in [3.8, 4) is 5.75 Å². The molecule has 178 valence electrons. The minimum atomic E-state index is -4.96. The van der Waals surface area contributed by atoms with Crippen molar-refractivity contribution in [1.82, 2.24) is 0 Å². The molecule has 1 aromatic heterocycles. The van der Waals surface area contributed by atoms with Crippen LogP contribution in [-0.4, -0.2) is 34.8 Å². The van der Waals surface area contributed by atoms with Crippen LogP contribution in [0.4, 0.5) is 27.6 Å². The summed E-state index contributed by atoms with van der Waals surface area (Å²) in [6, 6.07) is 3.44. The molecule has 0 aliphatic carbocycles. The second kappa shape index (κ2) is 8.14. The molecule has 0 radical (unpaired) electrons. The molecule has 13 heteroatoms. The van der Waals surface area contributed by atoms with Crippen molar-refractivity contribution in [3.05, 3.63) is 58.6 Å². The van der Waals surface area contributed by atoms with Crippen molar-refractivity contribution < 1.29 is 46.1 Å². The normalized spacial score (nSPS) is 25.1. The van der Waals surface area contributed by atoms with Crippen LogP contribution < -0.4 is 15.8 Å². The van der Waals surface area contributed by atoms with Crippen molar-refractivity contribution in [2.45, 2.75) is 37.6 Å². The van der Waals surface area contributed by atoms with Crippen molar-refractivity contribution in [3.63, 3.8) is 0 Å². The Hall–Kier alpha value is -3.48. The molecule has 33 heavy (non-hydrogen) atoms. The van der Waals surface area contributed by atoms with E-state index in [-0.39, 0.29) is 10.4 Å². The highest BCUT2D eigenvalue weighted by Crippen LogP contribution is 2.54. The minimum Gasteiger partial charge on any atom is -0.618 e. The number of pyridine rings is 1. The summed E-state index contributed by atoms with van der Waals surface area (Å²) in [7, 11) is 0. The van der Waals surface area contributed by atoms with Gasteiger partial charge in [0.1, 0.15) is 6.10 Å². The smallest absolute Gasteiger partial charge is 0.417 e. The lowest BCUT2D eigenvalue weighted by Gasteiger charge is -2.31. The van der Waals surface area contributed by atoms with Crippen molar-refractivity contribution in [2.75, 3.05) is 5.32 Å². The van der Waals surface area contributed by atoms with Gasteiger partial charge in [0.05, 0.1) is 5.69 Å². The van der Waals surface area contributed by atoms with E-state index in [9.17, 15) is 41.9 Å². The van der Waals surface area contributed by atoms with E-state index in [0.29, 0.717) is 13.0 Å². The molecule has 0 saturated carbocycles. The Labute approximate surface area is 183 Å². The van der Waals surface area contributed by atoms with Crippen LogP contribution in [0.3, 0.4) is 0 Å². The van der Waals surface area contributed by atoms with Crippen LogP contribution in [0.25, 0.3) is 0 Å². The SMILES string of the molecule is C[C@@H]1[C@H](c2ccc(F)c(F)c2O)[C@@H](C(=O)Nc2cc[n+]([O-])c(C(N)=O)c2)O[C@@]1(C)C(F)(F)F. The van der Waals surface area contributed by atoms with Gasteiger partial charge in [0.15, 0.2) is 23.4 Å². The molecule has 0 bridgehead atoms. The van der Waals surface area contributed by atoms with Gasteiger partial charge in [-0.2, -0.15) is 22.3 Å². The molecule has 2 aromatic rings. The monoisotopic (exact) mass is 475 g/mol. The lowest BCUT2D eigenvalue weighted by molar-refractivity contribution is -0.607. The Bertz CT molecular complexity index is 1130. The number of nitrogens with two attached hydrogens (primary N) is 1.